The average molecular weight is 473 g/mol. The Morgan fingerprint density at radius 2 is 1.37 bits per heavy atom. The number of benzene rings is 3. The molecule has 0 saturated heterocycles. The number of hydrogen-bond acceptors (Lipinski definition) is 8. The fraction of sp³-hybridized carbons (Fsp3) is 0.0400. The first-order valence-corrected chi connectivity index (χ1v) is 10.3. The third kappa shape index (κ3) is 2.64. The number of ether oxygens (including phenoxy) is 2. The molecule has 0 bridgehead atoms. The Morgan fingerprint density at radius 3 is 1.94 bits per heavy atom. The summed E-state index contributed by atoms with van der Waals surface area (Å²) in [6.45, 7) is 0. The molecule has 2 aliphatic heterocycles. The second-order valence-electron chi connectivity index (χ2n) is 8.15. The van der Waals surface area contributed by atoms with Crippen LogP contribution >= 0.6 is 0 Å². The highest BCUT2D eigenvalue weighted by molar-refractivity contribution is 5.99. The molecule has 0 amide bonds. The predicted octanol–water partition coefficient (Wildman–Crippen LogP) is 4.07. The Morgan fingerprint density at radius 1 is 0.771 bits per heavy atom. The van der Waals surface area contributed by atoms with E-state index in [4.69, 9.17) is 9.47 Å². The molecule has 1 aromatic heterocycles. The summed E-state index contributed by atoms with van der Waals surface area (Å²) in [4.78, 5) is 24.5. The third-order valence-corrected chi connectivity index (χ3v) is 6.23. The smallest absolute Gasteiger partial charge is 0.421 e. The summed E-state index contributed by atoms with van der Waals surface area (Å²) in [6.07, 6.45) is -1.58. The lowest BCUT2D eigenvalue weighted by Crippen LogP contribution is -2.32. The summed E-state index contributed by atoms with van der Waals surface area (Å²) in [5, 5.41) is 49.5. The molecule has 35 heavy (non-hydrogen) atoms. The fourth-order valence-corrected chi connectivity index (χ4v) is 4.76. The van der Waals surface area contributed by atoms with Crippen molar-refractivity contribution in [2.75, 3.05) is 0 Å². The standard InChI is InChI=1S/C25H15NO9/c27-12-2-5-17-19(8-12)34-20-9-13(28)3-6-18(20)25(17)16-4-1-11(7-15(16)23(31)35-25)14-10-21(29)26(22(14)30)24(32)33/h1-10,27-30H,(H,32,33). The van der Waals surface area contributed by atoms with Crippen LogP contribution in [-0.4, -0.2) is 42.2 Å². The van der Waals surface area contributed by atoms with Crippen molar-refractivity contribution in [1.29, 1.82) is 0 Å². The molecule has 0 radical (unpaired) electrons. The summed E-state index contributed by atoms with van der Waals surface area (Å²) in [7, 11) is 0. The monoisotopic (exact) mass is 473 g/mol. The second-order valence-corrected chi connectivity index (χ2v) is 8.15. The van der Waals surface area contributed by atoms with E-state index in [-0.39, 0.29) is 39.7 Å². The minimum absolute atomic E-state index is 0.00377. The van der Waals surface area contributed by atoms with Crippen LogP contribution in [0.5, 0.6) is 34.8 Å². The molecule has 10 nitrogen and oxygen atoms in total. The van der Waals surface area contributed by atoms with Crippen LogP contribution in [-0.2, 0) is 10.3 Å². The lowest BCUT2D eigenvalue weighted by molar-refractivity contribution is 0.0224. The maximum atomic E-state index is 13.2. The summed E-state index contributed by atoms with van der Waals surface area (Å²) < 4.78 is 12.2. The van der Waals surface area contributed by atoms with Crippen LogP contribution in [0, 0.1) is 0 Å². The average Bonchev–Trinajstić information content (AvgIpc) is 3.26. The first-order valence-electron chi connectivity index (χ1n) is 10.3. The lowest BCUT2D eigenvalue weighted by atomic mass is 9.77. The second kappa shape index (κ2) is 6.70. The van der Waals surface area contributed by atoms with E-state index in [0.717, 1.165) is 6.07 Å². The molecule has 3 heterocycles. The molecule has 0 aliphatic carbocycles. The van der Waals surface area contributed by atoms with Gasteiger partial charge in [0, 0.05) is 40.5 Å². The van der Waals surface area contributed by atoms with Crippen LogP contribution in [0.2, 0.25) is 0 Å². The van der Waals surface area contributed by atoms with Crippen molar-refractivity contribution in [1.82, 2.24) is 4.57 Å². The van der Waals surface area contributed by atoms with Gasteiger partial charge in [-0.05, 0) is 35.9 Å². The van der Waals surface area contributed by atoms with E-state index in [0.29, 0.717) is 21.3 Å². The highest BCUT2D eigenvalue weighted by atomic mass is 16.6. The summed E-state index contributed by atoms with van der Waals surface area (Å²) in [6, 6.07) is 14.4. The van der Waals surface area contributed by atoms with Gasteiger partial charge in [-0.3, -0.25) is 0 Å². The maximum absolute atomic E-state index is 13.2. The molecule has 0 unspecified atom stereocenters. The van der Waals surface area contributed by atoms with Gasteiger partial charge in [0.25, 0.3) is 0 Å². The molecule has 0 atom stereocenters. The number of nitrogens with zero attached hydrogens (tertiary/aromatic N) is 1. The topological polar surface area (TPSA) is 159 Å². The van der Waals surface area contributed by atoms with Gasteiger partial charge in [-0.1, -0.05) is 12.1 Å². The molecule has 2 aliphatic rings. The van der Waals surface area contributed by atoms with Crippen LogP contribution in [0.15, 0.2) is 60.7 Å². The minimum Gasteiger partial charge on any atom is -0.508 e. The highest BCUT2D eigenvalue weighted by Gasteiger charge is 2.53. The SMILES string of the molecule is O=C1OC2(c3ccc(O)cc3Oc3cc(O)ccc32)c2ccc(-c3cc(O)n(C(=O)O)c3O)cc21. The van der Waals surface area contributed by atoms with Crippen LogP contribution < -0.4 is 4.74 Å². The Kier molecular flexibility index (Phi) is 3.92. The number of hydrogen-bond donors (Lipinski definition) is 5. The quantitative estimate of drug-likeness (QED) is 0.257. The predicted molar refractivity (Wildman–Crippen MR) is 118 cm³/mol. The van der Waals surface area contributed by atoms with Crippen molar-refractivity contribution < 1.29 is 44.6 Å². The summed E-state index contributed by atoms with van der Waals surface area (Å²) in [5.41, 5.74) is 0.307. The zero-order valence-corrected chi connectivity index (χ0v) is 17.6. The van der Waals surface area contributed by atoms with Crippen LogP contribution in [0.4, 0.5) is 4.79 Å². The van der Waals surface area contributed by atoms with Gasteiger partial charge in [-0.15, -0.1) is 0 Å². The van der Waals surface area contributed by atoms with Crippen LogP contribution in [0.25, 0.3) is 11.1 Å². The molecule has 174 valence electrons. The minimum atomic E-state index is -1.58. The van der Waals surface area contributed by atoms with Gasteiger partial charge in [0.15, 0.2) is 5.60 Å². The van der Waals surface area contributed by atoms with Crippen molar-refractivity contribution in [3.8, 4) is 45.9 Å². The third-order valence-electron chi connectivity index (χ3n) is 6.23. The molecule has 4 aromatic rings. The molecule has 0 fully saturated rings. The van der Waals surface area contributed by atoms with E-state index in [1.807, 2.05) is 0 Å². The van der Waals surface area contributed by atoms with Crippen molar-refractivity contribution in [3.63, 3.8) is 0 Å². The summed E-state index contributed by atoms with van der Waals surface area (Å²) >= 11 is 0. The molecule has 6 rings (SSSR count). The molecule has 10 heteroatoms. The van der Waals surface area contributed by atoms with Crippen molar-refractivity contribution in [2.45, 2.75) is 5.60 Å². The van der Waals surface area contributed by atoms with Gasteiger partial charge >= 0.3 is 12.1 Å². The Bertz CT molecular complexity index is 1550. The number of esters is 1. The van der Waals surface area contributed by atoms with Gasteiger partial charge in [0.1, 0.15) is 23.0 Å². The zero-order chi connectivity index (χ0) is 24.6. The summed E-state index contributed by atoms with van der Waals surface area (Å²) in [5.74, 6) is -1.76. The molecular weight excluding hydrogens is 458 g/mol. The molecule has 3 aromatic carbocycles. The Labute approximate surface area is 196 Å². The van der Waals surface area contributed by atoms with E-state index < -0.39 is 29.4 Å². The van der Waals surface area contributed by atoms with E-state index in [1.165, 1.54) is 30.3 Å². The van der Waals surface area contributed by atoms with Crippen molar-refractivity contribution in [2.24, 2.45) is 0 Å². The van der Waals surface area contributed by atoms with E-state index in [9.17, 15) is 35.1 Å². The number of aromatic hydroxyl groups is 4. The molecule has 5 N–H and O–H groups in total. The van der Waals surface area contributed by atoms with E-state index in [2.05, 4.69) is 0 Å². The van der Waals surface area contributed by atoms with Crippen molar-refractivity contribution >= 4 is 12.1 Å². The number of carbonyl (C=O) groups excluding carboxylic acids is 1. The van der Waals surface area contributed by atoms with Gasteiger partial charge in [-0.2, -0.15) is 4.57 Å². The number of carbonyl (C=O) groups is 2. The highest BCUT2D eigenvalue weighted by Crippen LogP contribution is 2.57. The Balaban J connectivity index is 1.60. The van der Waals surface area contributed by atoms with Crippen LogP contribution in [0.3, 0.4) is 0 Å². The van der Waals surface area contributed by atoms with E-state index >= 15 is 0 Å². The van der Waals surface area contributed by atoms with Gasteiger partial charge < -0.3 is 35.0 Å². The molecule has 0 saturated carbocycles. The van der Waals surface area contributed by atoms with Crippen molar-refractivity contribution in [3.05, 3.63) is 82.9 Å². The fourth-order valence-electron chi connectivity index (χ4n) is 4.76. The molecular formula is C25H15NO9. The lowest BCUT2D eigenvalue weighted by Gasteiger charge is -2.36. The largest absolute Gasteiger partial charge is 0.508 e. The maximum Gasteiger partial charge on any atom is 0.421 e. The van der Waals surface area contributed by atoms with E-state index in [1.54, 1.807) is 24.3 Å². The first kappa shape index (κ1) is 20.5. The molecule has 1 spiro atoms. The van der Waals surface area contributed by atoms with Gasteiger partial charge in [0.2, 0.25) is 11.8 Å². The number of phenolic OH excluding ortho intramolecular Hbond substituents is 2. The number of aromatic nitrogens is 1. The Hall–Kier alpha value is -5.12. The zero-order valence-electron chi connectivity index (χ0n) is 17.6. The first-order chi connectivity index (χ1) is 16.7. The number of phenols is 2. The number of carboxylic acid groups (broad SMARTS) is 1. The van der Waals surface area contributed by atoms with Gasteiger partial charge in [-0.25, -0.2) is 9.59 Å². The normalized spacial score (nSPS) is 14.6. The van der Waals surface area contributed by atoms with Gasteiger partial charge in [0.05, 0.1) is 5.56 Å². The van der Waals surface area contributed by atoms with Crippen LogP contribution in [0.1, 0.15) is 27.0 Å². The number of fused-ring (bicyclic) bond motifs is 6. The number of rotatable bonds is 1.